The van der Waals surface area contributed by atoms with Crippen LogP contribution in [-0.2, 0) is 4.79 Å². The Labute approximate surface area is 126 Å². The minimum atomic E-state index is -0.391. The Morgan fingerprint density at radius 2 is 1.95 bits per heavy atom. The van der Waals surface area contributed by atoms with E-state index in [1.165, 1.54) is 0 Å². The number of anilines is 2. The van der Waals surface area contributed by atoms with E-state index in [-0.39, 0.29) is 5.91 Å². The lowest BCUT2D eigenvalue weighted by atomic mass is 10.2. The number of hydrogen-bond donors (Lipinski definition) is 2. The summed E-state index contributed by atoms with van der Waals surface area (Å²) in [6.07, 6.45) is 0. The highest BCUT2D eigenvalue weighted by molar-refractivity contribution is 9.10. The van der Waals surface area contributed by atoms with Gasteiger partial charge in [-0.05, 0) is 61.0 Å². The summed E-state index contributed by atoms with van der Waals surface area (Å²) in [6, 6.07) is 6.66. The third-order valence-electron chi connectivity index (χ3n) is 3.16. The van der Waals surface area contributed by atoms with Gasteiger partial charge in [-0.25, -0.2) is 0 Å². The summed E-state index contributed by atoms with van der Waals surface area (Å²) in [6.45, 7) is 5.65. The average Bonchev–Trinajstić information content (AvgIpc) is 2.68. The fraction of sp³-hybridized carbons (Fsp3) is 0.286. The standard InChI is InChI=1S/C14H17BrN4O/c1-8-13(15)9(2)19(18-8)10(3)14(20)17-12-6-4-11(16)5-7-12/h4-7,10H,16H2,1-3H3,(H,17,20). The monoisotopic (exact) mass is 336 g/mol. The molecule has 0 bridgehead atoms. The number of aromatic nitrogens is 2. The largest absolute Gasteiger partial charge is 0.399 e. The highest BCUT2D eigenvalue weighted by Crippen LogP contribution is 2.23. The number of amides is 1. The van der Waals surface area contributed by atoms with E-state index in [4.69, 9.17) is 5.73 Å². The van der Waals surface area contributed by atoms with Gasteiger partial charge in [-0.15, -0.1) is 0 Å². The molecule has 1 heterocycles. The lowest BCUT2D eigenvalue weighted by Gasteiger charge is -2.14. The molecule has 1 unspecified atom stereocenters. The first-order valence-corrected chi connectivity index (χ1v) is 7.07. The van der Waals surface area contributed by atoms with Crippen LogP contribution in [0.3, 0.4) is 0 Å². The summed E-state index contributed by atoms with van der Waals surface area (Å²) in [5.41, 5.74) is 8.80. The molecule has 0 saturated carbocycles. The van der Waals surface area contributed by atoms with Crippen LogP contribution < -0.4 is 11.1 Å². The van der Waals surface area contributed by atoms with Gasteiger partial charge in [0.05, 0.1) is 15.9 Å². The van der Waals surface area contributed by atoms with Crippen molar-refractivity contribution < 1.29 is 4.79 Å². The Bertz CT molecular complexity index is 633. The lowest BCUT2D eigenvalue weighted by molar-refractivity contribution is -0.119. The second kappa shape index (κ2) is 5.66. The first-order chi connectivity index (χ1) is 9.40. The van der Waals surface area contributed by atoms with Gasteiger partial charge in [0, 0.05) is 11.4 Å². The van der Waals surface area contributed by atoms with Crippen molar-refractivity contribution in [1.82, 2.24) is 9.78 Å². The van der Waals surface area contributed by atoms with Crippen LogP contribution in [0.5, 0.6) is 0 Å². The summed E-state index contributed by atoms with van der Waals surface area (Å²) in [7, 11) is 0. The molecule has 1 aromatic carbocycles. The number of nitrogens with one attached hydrogen (secondary N) is 1. The predicted octanol–water partition coefficient (Wildman–Crippen LogP) is 3.04. The molecule has 2 aromatic rings. The molecule has 1 aromatic heterocycles. The zero-order valence-corrected chi connectivity index (χ0v) is 13.2. The summed E-state index contributed by atoms with van der Waals surface area (Å²) in [4.78, 5) is 12.3. The molecule has 0 aliphatic carbocycles. The minimum absolute atomic E-state index is 0.118. The van der Waals surface area contributed by atoms with E-state index < -0.39 is 6.04 Å². The Kier molecular flexibility index (Phi) is 4.13. The maximum absolute atomic E-state index is 12.3. The van der Waals surface area contributed by atoms with Gasteiger partial charge in [0.25, 0.3) is 0 Å². The third-order valence-corrected chi connectivity index (χ3v) is 4.31. The molecule has 0 spiro atoms. The lowest BCUT2D eigenvalue weighted by Crippen LogP contribution is -2.25. The minimum Gasteiger partial charge on any atom is -0.399 e. The molecule has 2 rings (SSSR count). The van der Waals surface area contributed by atoms with Crippen molar-refractivity contribution in [2.24, 2.45) is 0 Å². The second-order valence-corrected chi connectivity index (χ2v) is 5.51. The molecule has 5 nitrogen and oxygen atoms in total. The molecule has 0 saturated heterocycles. The van der Waals surface area contributed by atoms with Crippen LogP contribution in [-0.4, -0.2) is 15.7 Å². The average molecular weight is 337 g/mol. The molecule has 0 fully saturated rings. The quantitative estimate of drug-likeness (QED) is 0.846. The maximum atomic E-state index is 12.3. The summed E-state index contributed by atoms with van der Waals surface area (Å²) < 4.78 is 2.65. The summed E-state index contributed by atoms with van der Waals surface area (Å²) in [5, 5.41) is 7.23. The van der Waals surface area contributed by atoms with E-state index >= 15 is 0 Å². The van der Waals surface area contributed by atoms with E-state index in [0.717, 1.165) is 21.5 Å². The van der Waals surface area contributed by atoms with Gasteiger partial charge in [0.1, 0.15) is 6.04 Å². The fourth-order valence-corrected chi connectivity index (χ4v) is 2.21. The molecular formula is C14H17BrN4O. The van der Waals surface area contributed by atoms with Crippen molar-refractivity contribution in [2.75, 3.05) is 11.1 Å². The molecule has 1 amide bonds. The van der Waals surface area contributed by atoms with Gasteiger partial charge >= 0.3 is 0 Å². The van der Waals surface area contributed by atoms with Crippen LogP contribution in [0, 0.1) is 13.8 Å². The molecule has 106 valence electrons. The van der Waals surface area contributed by atoms with Crippen molar-refractivity contribution in [2.45, 2.75) is 26.8 Å². The number of nitrogens with zero attached hydrogens (tertiary/aromatic N) is 2. The molecule has 20 heavy (non-hydrogen) atoms. The summed E-state index contributed by atoms with van der Waals surface area (Å²) in [5.74, 6) is -0.118. The number of hydrogen-bond acceptors (Lipinski definition) is 3. The zero-order valence-electron chi connectivity index (χ0n) is 11.6. The molecule has 0 aliphatic heterocycles. The van der Waals surface area contributed by atoms with Crippen molar-refractivity contribution >= 4 is 33.2 Å². The molecule has 0 aliphatic rings. The number of aryl methyl sites for hydroxylation is 1. The Morgan fingerprint density at radius 3 is 2.45 bits per heavy atom. The molecule has 0 radical (unpaired) electrons. The first kappa shape index (κ1) is 14.6. The predicted molar refractivity (Wildman–Crippen MR) is 83.6 cm³/mol. The zero-order chi connectivity index (χ0) is 14.9. The van der Waals surface area contributed by atoms with Crippen LogP contribution in [0.1, 0.15) is 24.4 Å². The number of nitrogens with two attached hydrogens (primary N) is 1. The SMILES string of the molecule is Cc1nn(C(C)C(=O)Nc2ccc(N)cc2)c(C)c1Br. The Balaban J connectivity index is 2.16. The van der Waals surface area contributed by atoms with Gasteiger partial charge in [0.15, 0.2) is 0 Å². The van der Waals surface area contributed by atoms with Crippen molar-refractivity contribution in [3.63, 3.8) is 0 Å². The van der Waals surface area contributed by atoms with Gasteiger partial charge in [-0.1, -0.05) is 0 Å². The molecule has 1 atom stereocenters. The smallest absolute Gasteiger partial charge is 0.248 e. The highest BCUT2D eigenvalue weighted by atomic mass is 79.9. The first-order valence-electron chi connectivity index (χ1n) is 6.27. The van der Waals surface area contributed by atoms with E-state index in [1.54, 1.807) is 28.9 Å². The van der Waals surface area contributed by atoms with Crippen molar-refractivity contribution in [3.05, 3.63) is 40.1 Å². The Morgan fingerprint density at radius 1 is 1.35 bits per heavy atom. The Hall–Kier alpha value is -1.82. The number of benzene rings is 1. The van der Waals surface area contributed by atoms with Gasteiger partial charge in [-0.2, -0.15) is 5.10 Å². The van der Waals surface area contributed by atoms with Gasteiger partial charge in [-0.3, -0.25) is 9.48 Å². The molecule has 6 heteroatoms. The van der Waals surface area contributed by atoms with Crippen LogP contribution in [0.15, 0.2) is 28.7 Å². The van der Waals surface area contributed by atoms with E-state index in [9.17, 15) is 4.79 Å². The number of carbonyl (C=O) groups is 1. The normalized spacial score (nSPS) is 12.2. The van der Waals surface area contributed by atoms with Crippen molar-refractivity contribution in [1.29, 1.82) is 0 Å². The topological polar surface area (TPSA) is 72.9 Å². The van der Waals surface area contributed by atoms with E-state index in [1.807, 2.05) is 20.8 Å². The molecule has 3 N–H and O–H groups in total. The van der Waals surface area contributed by atoms with E-state index in [2.05, 4.69) is 26.3 Å². The number of rotatable bonds is 3. The third kappa shape index (κ3) is 2.85. The number of nitrogen functional groups attached to an aromatic ring is 1. The van der Waals surface area contributed by atoms with Gasteiger partial charge < -0.3 is 11.1 Å². The number of halogens is 1. The van der Waals surface area contributed by atoms with Crippen LogP contribution in [0.4, 0.5) is 11.4 Å². The second-order valence-electron chi connectivity index (χ2n) is 4.72. The highest BCUT2D eigenvalue weighted by Gasteiger charge is 2.20. The van der Waals surface area contributed by atoms with Crippen LogP contribution in [0.25, 0.3) is 0 Å². The van der Waals surface area contributed by atoms with E-state index in [0.29, 0.717) is 5.69 Å². The van der Waals surface area contributed by atoms with Crippen molar-refractivity contribution in [3.8, 4) is 0 Å². The van der Waals surface area contributed by atoms with Gasteiger partial charge in [0.2, 0.25) is 5.91 Å². The number of carbonyl (C=O) groups excluding carboxylic acids is 1. The molecular weight excluding hydrogens is 320 g/mol. The van der Waals surface area contributed by atoms with Crippen LogP contribution >= 0.6 is 15.9 Å². The fourth-order valence-electron chi connectivity index (χ4n) is 1.94. The van der Waals surface area contributed by atoms with Crippen LogP contribution in [0.2, 0.25) is 0 Å². The maximum Gasteiger partial charge on any atom is 0.248 e. The summed E-state index contributed by atoms with van der Waals surface area (Å²) >= 11 is 3.46.